The van der Waals surface area contributed by atoms with Gasteiger partial charge in [0.1, 0.15) is 0 Å². The van der Waals surface area contributed by atoms with Gasteiger partial charge in [0.2, 0.25) is 0 Å². The number of pyridine rings is 1. The minimum Gasteiger partial charge on any atom is -0.384 e. The maximum atomic E-state index is 4.74. The number of hydrogen-bond donors (Lipinski definition) is 1. The average molecular weight is 402 g/mol. The van der Waals surface area contributed by atoms with Crippen molar-refractivity contribution in [1.82, 2.24) is 14.5 Å². The van der Waals surface area contributed by atoms with Gasteiger partial charge in [0.15, 0.2) is 0 Å². The third kappa shape index (κ3) is 3.70. The fourth-order valence-electron chi connectivity index (χ4n) is 2.04. The largest absolute Gasteiger partial charge is 0.384 e. The fourth-order valence-corrected chi connectivity index (χ4v) is 3.58. The smallest absolute Gasteiger partial charge is 0.0913 e. The Kier molecular flexibility index (Phi) is 6.23. The van der Waals surface area contributed by atoms with Gasteiger partial charge in [0.25, 0.3) is 0 Å². The van der Waals surface area contributed by atoms with Gasteiger partial charge in [-0.3, -0.25) is 0 Å². The van der Waals surface area contributed by atoms with Crippen LogP contribution in [0.2, 0.25) is 0 Å². The molecule has 0 spiro atoms. The van der Waals surface area contributed by atoms with Gasteiger partial charge >= 0.3 is 0 Å². The molecule has 1 aliphatic rings. The monoisotopic (exact) mass is 402 g/mol. The Bertz CT molecular complexity index is 556. The number of rotatable bonds is 2. The minimum absolute atomic E-state index is 0.608. The molecule has 0 aromatic carbocycles. The quantitative estimate of drug-likeness (QED) is 0.594. The lowest BCUT2D eigenvalue weighted by molar-refractivity contribution is 0.802. The summed E-state index contributed by atoms with van der Waals surface area (Å²) < 4.78 is 1.99. The molecule has 1 unspecified atom stereocenters. The Morgan fingerprint density at radius 3 is 2.90 bits per heavy atom. The maximum Gasteiger partial charge on any atom is 0.0913 e. The lowest BCUT2D eigenvalue weighted by atomic mass is 10.1. The molecule has 0 amide bonds. The molecule has 1 N–H and O–H groups in total. The summed E-state index contributed by atoms with van der Waals surface area (Å²) in [7, 11) is 0. The molecule has 0 aliphatic carbocycles. The lowest BCUT2D eigenvalue weighted by Crippen LogP contribution is -2.13. The highest BCUT2D eigenvalue weighted by Crippen LogP contribution is 2.31. The molecule has 108 valence electrons. The van der Waals surface area contributed by atoms with Crippen LogP contribution in [-0.4, -0.2) is 21.1 Å². The average Bonchev–Trinajstić information content (AvgIpc) is 2.96. The number of aryl methyl sites for hydroxylation is 1. The normalized spacial score (nSPS) is 13.6. The third-order valence-corrected chi connectivity index (χ3v) is 4.75. The van der Waals surface area contributed by atoms with E-state index in [0.29, 0.717) is 6.37 Å². The summed E-state index contributed by atoms with van der Waals surface area (Å²) in [6, 6.07) is 6.22. The van der Waals surface area contributed by atoms with Gasteiger partial charge in [-0.1, -0.05) is 20.3 Å². The number of hydrogen-bond acceptors (Lipinski definition) is 3. The molecule has 3 heterocycles. The molecule has 2 aromatic rings. The number of aromatic nitrogens is 3. The van der Waals surface area contributed by atoms with Crippen LogP contribution < -0.4 is 5.32 Å². The van der Waals surface area contributed by atoms with Crippen LogP contribution in [-0.2, 0) is 6.42 Å². The van der Waals surface area contributed by atoms with Crippen molar-refractivity contribution in [1.29, 1.82) is 0 Å². The minimum atomic E-state index is 0.608. The van der Waals surface area contributed by atoms with Crippen LogP contribution in [0.4, 0.5) is 5.69 Å². The van der Waals surface area contributed by atoms with E-state index in [4.69, 9.17) is 4.98 Å². The number of anilines is 1. The summed E-state index contributed by atoms with van der Waals surface area (Å²) in [6.07, 6.45) is 5.92. The standard InChI is InChI=1S/C11H12IN4P.C3H8/c12-17-16-11(5-7-14-16)10-4-3-8-9(15-10)2-1-6-13-8;1-3-2/h3-5,7,13,17H,1-2,6H2;3H2,1-2H3. The van der Waals surface area contributed by atoms with Crippen LogP contribution in [0, 0.1) is 0 Å². The maximum absolute atomic E-state index is 4.74. The summed E-state index contributed by atoms with van der Waals surface area (Å²) in [6.45, 7) is 5.31. The summed E-state index contributed by atoms with van der Waals surface area (Å²) in [4.78, 5) is 4.74. The highest BCUT2D eigenvalue weighted by molar-refractivity contribution is 14.2. The first-order chi connectivity index (χ1) is 9.80. The van der Waals surface area contributed by atoms with Gasteiger partial charge < -0.3 is 5.32 Å². The predicted octanol–water partition coefficient (Wildman–Crippen LogP) is 4.51. The van der Waals surface area contributed by atoms with Gasteiger partial charge in [-0.2, -0.15) is 5.10 Å². The van der Waals surface area contributed by atoms with E-state index in [1.54, 1.807) is 0 Å². The van der Waals surface area contributed by atoms with E-state index in [-0.39, 0.29) is 0 Å². The van der Waals surface area contributed by atoms with Crippen molar-refractivity contribution in [3.63, 3.8) is 0 Å². The Morgan fingerprint density at radius 1 is 1.35 bits per heavy atom. The molecule has 1 aliphatic heterocycles. The van der Waals surface area contributed by atoms with Crippen molar-refractivity contribution in [2.24, 2.45) is 0 Å². The zero-order valence-corrected chi connectivity index (χ0v) is 15.0. The molecule has 3 rings (SSSR count). The number of nitrogens with one attached hydrogen (secondary N) is 1. The first-order valence-corrected chi connectivity index (χ1v) is 11.0. The third-order valence-electron chi connectivity index (χ3n) is 2.87. The van der Waals surface area contributed by atoms with Crippen molar-refractivity contribution in [3.05, 3.63) is 30.1 Å². The Hall–Kier alpha value is -0.680. The van der Waals surface area contributed by atoms with E-state index >= 15 is 0 Å². The van der Waals surface area contributed by atoms with Crippen LogP contribution in [0.1, 0.15) is 32.4 Å². The number of nitrogens with zero attached hydrogens (tertiary/aromatic N) is 3. The molecule has 0 saturated heterocycles. The van der Waals surface area contributed by atoms with E-state index in [0.717, 1.165) is 30.8 Å². The summed E-state index contributed by atoms with van der Waals surface area (Å²) in [5.41, 5.74) is 4.49. The molecule has 0 fully saturated rings. The number of fused-ring (bicyclic) bond motifs is 1. The highest BCUT2D eigenvalue weighted by atomic mass is 127. The van der Waals surface area contributed by atoms with Gasteiger partial charge in [0.05, 0.1) is 29.1 Å². The topological polar surface area (TPSA) is 42.7 Å². The molecule has 0 saturated carbocycles. The Morgan fingerprint density at radius 2 is 2.15 bits per heavy atom. The lowest BCUT2D eigenvalue weighted by Gasteiger charge is -2.17. The first kappa shape index (κ1) is 15.7. The zero-order valence-electron chi connectivity index (χ0n) is 11.9. The molecule has 20 heavy (non-hydrogen) atoms. The van der Waals surface area contributed by atoms with E-state index in [2.05, 4.69) is 58.4 Å². The van der Waals surface area contributed by atoms with Gasteiger partial charge in [-0.15, -0.1) is 0 Å². The summed E-state index contributed by atoms with van der Waals surface area (Å²) in [5.74, 6) is 0. The van der Waals surface area contributed by atoms with Crippen LogP contribution >= 0.6 is 28.4 Å². The van der Waals surface area contributed by atoms with Gasteiger partial charge in [-0.25, -0.2) is 9.44 Å². The van der Waals surface area contributed by atoms with E-state index in [9.17, 15) is 0 Å². The SMILES string of the molecule is CCC.IPn1nccc1-c1ccc2c(n1)CCCN2. The summed E-state index contributed by atoms with van der Waals surface area (Å²) >= 11 is 2.33. The second-order valence-corrected chi connectivity index (χ2v) is 6.68. The van der Waals surface area contributed by atoms with E-state index in [1.165, 1.54) is 17.8 Å². The zero-order chi connectivity index (χ0) is 14.4. The second kappa shape index (κ2) is 7.93. The van der Waals surface area contributed by atoms with Crippen molar-refractivity contribution in [3.8, 4) is 11.4 Å². The van der Waals surface area contributed by atoms with Crippen LogP contribution in [0.25, 0.3) is 11.4 Å². The van der Waals surface area contributed by atoms with Crippen LogP contribution in [0.15, 0.2) is 24.4 Å². The van der Waals surface area contributed by atoms with Crippen molar-refractivity contribution in [2.45, 2.75) is 33.1 Å². The van der Waals surface area contributed by atoms with E-state index in [1.807, 2.05) is 16.7 Å². The van der Waals surface area contributed by atoms with Crippen LogP contribution in [0.3, 0.4) is 0 Å². The van der Waals surface area contributed by atoms with Crippen LogP contribution in [0.5, 0.6) is 0 Å². The van der Waals surface area contributed by atoms with E-state index < -0.39 is 0 Å². The molecular weight excluding hydrogens is 382 g/mol. The second-order valence-electron chi connectivity index (χ2n) is 4.64. The molecule has 1 atom stereocenters. The number of halogens is 1. The predicted molar refractivity (Wildman–Crippen MR) is 96.0 cm³/mol. The van der Waals surface area contributed by atoms with Crippen molar-refractivity contribution < 1.29 is 0 Å². The molecule has 6 heteroatoms. The molecular formula is C14H20IN4P. The van der Waals surface area contributed by atoms with Gasteiger partial charge in [0, 0.05) is 12.7 Å². The highest BCUT2D eigenvalue weighted by Gasteiger charge is 2.13. The van der Waals surface area contributed by atoms with Crippen molar-refractivity contribution in [2.75, 3.05) is 11.9 Å². The Labute approximate surface area is 135 Å². The van der Waals surface area contributed by atoms with Gasteiger partial charge in [-0.05, 0) is 53.1 Å². The molecule has 4 nitrogen and oxygen atoms in total. The molecule has 0 bridgehead atoms. The fraction of sp³-hybridized carbons (Fsp3) is 0.429. The molecule has 0 radical (unpaired) electrons. The Balaban J connectivity index is 0.000000452. The van der Waals surface area contributed by atoms with Crippen molar-refractivity contribution >= 4 is 34.1 Å². The first-order valence-electron chi connectivity index (χ1n) is 6.95. The molecule has 2 aromatic heterocycles. The summed E-state index contributed by atoms with van der Waals surface area (Å²) in [5, 5.41) is 7.67.